The van der Waals surface area contributed by atoms with E-state index < -0.39 is 0 Å². The van der Waals surface area contributed by atoms with Gasteiger partial charge in [-0.05, 0) is 18.8 Å². The van der Waals surface area contributed by atoms with E-state index in [4.69, 9.17) is 4.74 Å². The molecule has 1 aliphatic heterocycles. The van der Waals surface area contributed by atoms with Gasteiger partial charge in [-0.25, -0.2) is 0 Å². The molecule has 3 heteroatoms. The second kappa shape index (κ2) is 3.95. The minimum absolute atomic E-state index is 0.187. The van der Waals surface area contributed by atoms with Crippen LogP contribution in [0.1, 0.15) is 26.2 Å². The van der Waals surface area contributed by atoms with Crippen LogP contribution in [0.5, 0.6) is 0 Å². The lowest BCUT2D eigenvalue weighted by molar-refractivity contribution is 0.122. The molecular weight excluding hydrogens is 166 g/mol. The van der Waals surface area contributed by atoms with E-state index in [-0.39, 0.29) is 12.1 Å². The summed E-state index contributed by atoms with van der Waals surface area (Å²) in [4.78, 5) is 0. The van der Waals surface area contributed by atoms with Gasteiger partial charge in [-0.1, -0.05) is 13.3 Å². The van der Waals surface area contributed by atoms with Gasteiger partial charge in [0.05, 0.1) is 25.4 Å². The van der Waals surface area contributed by atoms with Crippen molar-refractivity contribution < 1.29 is 9.84 Å². The standard InChI is InChI=1S/C10H19NO2/c1-2-3-7-4-8(7)11-9-5-13-6-10(9)12/h7-12H,2-6H2,1H3. The van der Waals surface area contributed by atoms with Crippen molar-refractivity contribution in [2.45, 2.75) is 44.4 Å². The zero-order chi connectivity index (χ0) is 9.26. The van der Waals surface area contributed by atoms with Crippen LogP contribution in [0.15, 0.2) is 0 Å². The van der Waals surface area contributed by atoms with Crippen LogP contribution in [-0.4, -0.2) is 36.5 Å². The quantitative estimate of drug-likeness (QED) is 0.671. The van der Waals surface area contributed by atoms with Gasteiger partial charge in [-0.3, -0.25) is 0 Å². The molecule has 0 bridgehead atoms. The summed E-state index contributed by atoms with van der Waals surface area (Å²) in [6, 6.07) is 0.841. The Morgan fingerprint density at radius 3 is 2.85 bits per heavy atom. The second-order valence-electron chi connectivity index (χ2n) is 4.27. The SMILES string of the molecule is CCCC1CC1NC1COCC1O. The first kappa shape index (κ1) is 9.44. The predicted octanol–water partition coefficient (Wildman–Crippen LogP) is 0.524. The van der Waals surface area contributed by atoms with Crippen molar-refractivity contribution in [3.63, 3.8) is 0 Å². The molecule has 1 saturated carbocycles. The van der Waals surface area contributed by atoms with E-state index in [1.165, 1.54) is 19.3 Å². The molecule has 4 unspecified atom stereocenters. The molecule has 0 spiro atoms. The molecule has 0 aromatic rings. The molecular formula is C10H19NO2. The highest BCUT2D eigenvalue weighted by Gasteiger charge is 2.39. The van der Waals surface area contributed by atoms with E-state index in [0.29, 0.717) is 19.3 Å². The van der Waals surface area contributed by atoms with Crippen LogP contribution < -0.4 is 5.32 Å². The van der Waals surface area contributed by atoms with E-state index in [9.17, 15) is 5.11 Å². The van der Waals surface area contributed by atoms with Crippen molar-refractivity contribution in [1.29, 1.82) is 0 Å². The number of hydrogen-bond donors (Lipinski definition) is 2. The average molecular weight is 185 g/mol. The van der Waals surface area contributed by atoms with E-state index in [1.54, 1.807) is 0 Å². The van der Waals surface area contributed by atoms with E-state index in [1.807, 2.05) is 0 Å². The molecule has 0 radical (unpaired) electrons. The fourth-order valence-electron chi connectivity index (χ4n) is 2.12. The highest BCUT2D eigenvalue weighted by molar-refractivity contribution is 4.96. The number of nitrogens with one attached hydrogen (secondary N) is 1. The van der Waals surface area contributed by atoms with Crippen LogP contribution in [0.2, 0.25) is 0 Å². The molecule has 1 heterocycles. The Morgan fingerprint density at radius 1 is 1.38 bits per heavy atom. The number of hydrogen-bond acceptors (Lipinski definition) is 3. The molecule has 76 valence electrons. The number of rotatable bonds is 4. The molecule has 0 aromatic heterocycles. The average Bonchev–Trinajstić information content (AvgIpc) is 2.69. The fraction of sp³-hybridized carbons (Fsp3) is 1.00. The number of aliphatic hydroxyl groups is 1. The highest BCUT2D eigenvalue weighted by atomic mass is 16.5. The van der Waals surface area contributed by atoms with E-state index >= 15 is 0 Å². The molecule has 4 atom stereocenters. The normalized spacial score (nSPS) is 43.8. The van der Waals surface area contributed by atoms with Crippen LogP contribution in [0.25, 0.3) is 0 Å². The van der Waals surface area contributed by atoms with Crippen molar-refractivity contribution in [1.82, 2.24) is 5.32 Å². The zero-order valence-corrected chi connectivity index (χ0v) is 8.20. The summed E-state index contributed by atoms with van der Waals surface area (Å²) in [6.07, 6.45) is 3.59. The monoisotopic (exact) mass is 185 g/mol. The Balaban J connectivity index is 1.68. The largest absolute Gasteiger partial charge is 0.389 e. The van der Waals surface area contributed by atoms with E-state index in [0.717, 1.165) is 5.92 Å². The van der Waals surface area contributed by atoms with Gasteiger partial charge < -0.3 is 15.2 Å². The van der Waals surface area contributed by atoms with Crippen molar-refractivity contribution in [2.75, 3.05) is 13.2 Å². The predicted molar refractivity (Wildman–Crippen MR) is 50.6 cm³/mol. The van der Waals surface area contributed by atoms with Crippen LogP contribution in [0, 0.1) is 5.92 Å². The van der Waals surface area contributed by atoms with Gasteiger partial charge in [0, 0.05) is 6.04 Å². The van der Waals surface area contributed by atoms with E-state index in [2.05, 4.69) is 12.2 Å². The van der Waals surface area contributed by atoms with Crippen LogP contribution >= 0.6 is 0 Å². The minimum atomic E-state index is -0.289. The van der Waals surface area contributed by atoms with Gasteiger partial charge in [-0.15, -0.1) is 0 Å². The molecule has 0 aromatic carbocycles. The smallest absolute Gasteiger partial charge is 0.0948 e. The maximum Gasteiger partial charge on any atom is 0.0948 e. The first-order valence-corrected chi connectivity index (χ1v) is 5.33. The molecule has 2 aliphatic rings. The number of aliphatic hydroxyl groups excluding tert-OH is 1. The third-order valence-electron chi connectivity index (χ3n) is 3.06. The van der Waals surface area contributed by atoms with Crippen molar-refractivity contribution in [3.8, 4) is 0 Å². The zero-order valence-electron chi connectivity index (χ0n) is 8.20. The van der Waals surface area contributed by atoms with Crippen molar-refractivity contribution in [3.05, 3.63) is 0 Å². The summed E-state index contributed by atoms with van der Waals surface area (Å²) in [5.41, 5.74) is 0. The summed E-state index contributed by atoms with van der Waals surface area (Å²) in [6.45, 7) is 3.41. The Morgan fingerprint density at radius 2 is 2.23 bits per heavy atom. The van der Waals surface area contributed by atoms with Gasteiger partial charge in [0.15, 0.2) is 0 Å². The summed E-state index contributed by atoms with van der Waals surface area (Å²) in [5.74, 6) is 0.859. The summed E-state index contributed by atoms with van der Waals surface area (Å²) in [7, 11) is 0. The van der Waals surface area contributed by atoms with Gasteiger partial charge in [0.25, 0.3) is 0 Å². The molecule has 2 fully saturated rings. The van der Waals surface area contributed by atoms with Crippen LogP contribution in [0.4, 0.5) is 0 Å². The number of ether oxygens (including phenoxy) is 1. The highest BCUT2D eigenvalue weighted by Crippen LogP contribution is 2.35. The molecule has 2 rings (SSSR count). The molecule has 3 nitrogen and oxygen atoms in total. The lowest BCUT2D eigenvalue weighted by Gasteiger charge is -2.14. The van der Waals surface area contributed by atoms with Crippen molar-refractivity contribution >= 4 is 0 Å². The Bertz CT molecular complexity index is 174. The summed E-state index contributed by atoms with van der Waals surface area (Å²) < 4.78 is 5.18. The molecule has 0 amide bonds. The molecule has 2 N–H and O–H groups in total. The van der Waals surface area contributed by atoms with Gasteiger partial charge in [0.2, 0.25) is 0 Å². The Labute approximate surface area is 79.5 Å². The fourth-order valence-corrected chi connectivity index (χ4v) is 2.12. The first-order chi connectivity index (χ1) is 6.31. The molecule has 13 heavy (non-hydrogen) atoms. The Kier molecular flexibility index (Phi) is 2.86. The van der Waals surface area contributed by atoms with Gasteiger partial charge in [-0.2, -0.15) is 0 Å². The topological polar surface area (TPSA) is 41.5 Å². The van der Waals surface area contributed by atoms with Crippen LogP contribution in [-0.2, 0) is 4.74 Å². The lowest BCUT2D eigenvalue weighted by Crippen LogP contribution is -2.40. The van der Waals surface area contributed by atoms with Gasteiger partial charge in [0.1, 0.15) is 0 Å². The van der Waals surface area contributed by atoms with Gasteiger partial charge >= 0.3 is 0 Å². The minimum Gasteiger partial charge on any atom is -0.389 e. The van der Waals surface area contributed by atoms with Crippen LogP contribution in [0.3, 0.4) is 0 Å². The summed E-state index contributed by atoms with van der Waals surface area (Å²) >= 11 is 0. The lowest BCUT2D eigenvalue weighted by atomic mass is 10.2. The van der Waals surface area contributed by atoms with Crippen molar-refractivity contribution in [2.24, 2.45) is 5.92 Å². The first-order valence-electron chi connectivity index (χ1n) is 5.33. The second-order valence-corrected chi connectivity index (χ2v) is 4.27. The molecule has 1 saturated heterocycles. The maximum absolute atomic E-state index is 9.49. The maximum atomic E-state index is 9.49. The third-order valence-corrected chi connectivity index (χ3v) is 3.06. The Hall–Kier alpha value is -0.120. The summed E-state index contributed by atoms with van der Waals surface area (Å²) in [5, 5.41) is 13.0. The third kappa shape index (κ3) is 2.22. The molecule has 1 aliphatic carbocycles.